The summed E-state index contributed by atoms with van der Waals surface area (Å²) in [5.41, 5.74) is 7.06. The lowest BCUT2D eigenvalue weighted by Gasteiger charge is -2.29. The van der Waals surface area contributed by atoms with Gasteiger partial charge in [0.2, 0.25) is 0 Å². The van der Waals surface area contributed by atoms with E-state index in [9.17, 15) is 0 Å². The van der Waals surface area contributed by atoms with Crippen molar-refractivity contribution >= 4 is 15.9 Å². The zero-order chi connectivity index (χ0) is 13.8. The maximum Gasteiger partial charge on any atom is 0.125 e. The standard InChI is InChI=1S/C15H22BrNO2/c1-10(17)14-7-6-11(16)8-15(14)19-13-5-3-4-12(9-13)18-2/h6-8,10,12-13H,3-5,9,17H2,1-2H3/t10-,12?,13?/m1/s1. The van der Waals surface area contributed by atoms with Crippen molar-refractivity contribution in [2.75, 3.05) is 7.11 Å². The maximum absolute atomic E-state index is 6.17. The Morgan fingerprint density at radius 1 is 1.32 bits per heavy atom. The van der Waals surface area contributed by atoms with E-state index < -0.39 is 0 Å². The van der Waals surface area contributed by atoms with Crippen LogP contribution < -0.4 is 10.5 Å². The van der Waals surface area contributed by atoms with Gasteiger partial charge in [-0.25, -0.2) is 0 Å². The summed E-state index contributed by atoms with van der Waals surface area (Å²) in [5, 5.41) is 0. The Bertz CT molecular complexity index is 423. The molecule has 0 bridgehead atoms. The van der Waals surface area contributed by atoms with Crippen molar-refractivity contribution < 1.29 is 9.47 Å². The summed E-state index contributed by atoms with van der Waals surface area (Å²) in [4.78, 5) is 0. The second-order valence-corrected chi connectivity index (χ2v) is 6.15. The van der Waals surface area contributed by atoms with E-state index >= 15 is 0 Å². The number of hydrogen-bond donors (Lipinski definition) is 1. The van der Waals surface area contributed by atoms with E-state index in [2.05, 4.69) is 15.9 Å². The number of methoxy groups -OCH3 is 1. The third kappa shape index (κ3) is 3.94. The first-order valence-electron chi connectivity index (χ1n) is 6.84. The smallest absolute Gasteiger partial charge is 0.125 e. The molecule has 1 fully saturated rings. The normalized spacial score (nSPS) is 25.1. The van der Waals surface area contributed by atoms with Crippen molar-refractivity contribution in [3.8, 4) is 5.75 Å². The monoisotopic (exact) mass is 327 g/mol. The van der Waals surface area contributed by atoms with Crippen LogP contribution in [0.5, 0.6) is 5.75 Å². The molecule has 0 radical (unpaired) electrons. The highest BCUT2D eigenvalue weighted by Crippen LogP contribution is 2.31. The van der Waals surface area contributed by atoms with Gasteiger partial charge in [-0.05, 0) is 38.3 Å². The summed E-state index contributed by atoms with van der Waals surface area (Å²) >= 11 is 3.49. The van der Waals surface area contributed by atoms with Gasteiger partial charge in [-0.1, -0.05) is 22.0 Å². The highest BCUT2D eigenvalue weighted by molar-refractivity contribution is 9.10. The van der Waals surface area contributed by atoms with Gasteiger partial charge in [0.15, 0.2) is 0 Å². The van der Waals surface area contributed by atoms with Crippen molar-refractivity contribution in [1.29, 1.82) is 0 Å². The molecule has 0 aromatic heterocycles. The summed E-state index contributed by atoms with van der Waals surface area (Å²) in [6, 6.07) is 6.02. The molecule has 106 valence electrons. The number of benzene rings is 1. The van der Waals surface area contributed by atoms with Gasteiger partial charge in [0.05, 0.1) is 6.10 Å². The minimum absolute atomic E-state index is 0.0232. The largest absolute Gasteiger partial charge is 0.490 e. The fourth-order valence-corrected chi connectivity index (χ4v) is 2.93. The molecule has 2 N–H and O–H groups in total. The highest BCUT2D eigenvalue weighted by atomic mass is 79.9. The summed E-state index contributed by atoms with van der Waals surface area (Å²) in [7, 11) is 1.78. The molecule has 3 atom stereocenters. The fraction of sp³-hybridized carbons (Fsp3) is 0.600. The molecule has 1 aromatic rings. The van der Waals surface area contributed by atoms with Crippen LogP contribution in [-0.2, 0) is 4.74 Å². The zero-order valence-corrected chi connectivity index (χ0v) is 13.2. The first-order chi connectivity index (χ1) is 9.10. The van der Waals surface area contributed by atoms with Gasteiger partial charge in [-0.15, -0.1) is 0 Å². The molecule has 4 heteroatoms. The predicted molar refractivity (Wildman–Crippen MR) is 80.4 cm³/mol. The SMILES string of the molecule is COC1CCCC(Oc2cc(Br)ccc2[C@@H](C)N)C1. The lowest BCUT2D eigenvalue weighted by atomic mass is 9.94. The molecule has 1 saturated carbocycles. The van der Waals surface area contributed by atoms with E-state index in [-0.39, 0.29) is 12.1 Å². The van der Waals surface area contributed by atoms with E-state index in [1.807, 2.05) is 25.1 Å². The minimum Gasteiger partial charge on any atom is -0.490 e. The molecule has 2 rings (SSSR count). The predicted octanol–water partition coefficient (Wildman–Crippen LogP) is 3.81. The number of rotatable bonds is 4. The lowest BCUT2D eigenvalue weighted by Crippen LogP contribution is -2.30. The van der Waals surface area contributed by atoms with Gasteiger partial charge in [0, 0.05) is 29.6 Å². The molecule has 2 unspecified atom stereocenters. The van der Waals surface area contributed by atoms with Crippen molar-refractivity contribution in [2.24, 2.45) is 5.73 Å². The molecule has 1 aromatic carbocycles. The number of nitrogens with two attached hydrogens (primary N) is 1. The van der Waals surface area contributed by atoms with Crippen LogP contribution in [0.25, 0.3) is 0 Å². The Balaban J connectivity index is 2.11. The van der Waals surface area contributed by atoms with Gasteiger partial charge in [-0.2, -0.15) is 0 Å². The summed E-state index contributed by atoms with van der Waals surface area (Å²) in [6.07, 6.45) is 4.89. The average molecular weight is 328 g/mol. The van der Waals surface area contributed by atoms with Crippen molar-refractivity contribution in [3.05, 3.63) is 28.2 Å². The van der Waals surface area contributed by atoms with Crippen LogP contribution >= 0.6 is 15.9 Å². The molecule has 0 aliphatic heterocycles. The van der Waals surface area contributed by atoms with E-state index in [1.54, 1.807) is 7.11 Å². The summed E-state index contributed by atoms with van der Waals surface area (Å²) in [6.45, 7) is 1.98. The third-order valence-electron chi connectivity index (χ3n) is 3.67. The number of hydrogen-bond acceptors (Lipinski definition) is 3. The van der Waals surface area contributed by atoms with Crippen LogP contribution in [0.2, 0.25) is 0 Å². The molecule has 0 heterocycles. The molecule has 1 aliphatic carbocycles. The molecule has 0 spiro atoms. The van der Waals surface area contributed by atoms with Crippen LogP contribution in [0.1, 0.15) is 44.2 Å². The molecule has 0 saturated heterocycles. The summed E-state index contributed by atoms with van der Waals surface area (Å²) in [5.74, 6) is 0.895. The van der Waals surface area contributed by atoms with Crippen LogP contribution in [0, 0.1) is 0 Å². The Hall–Kier alpha value is -0.580. The third-order valence-corrected chi connectivity index (χ3v) is 4.16. The molecule has 19 heavy (non-hydrogen) atoms. The van der Waals surface area contributed by atoms with Crippen molar-refractivity contribution in [2.45, 2.75) is 50.9 Å². The van der Waals surface area contributed by atoms with Crippen LogP contribution in [0.15, 0.2) is 22.7 Å². The van der Waals surface area contributed by atoms with E-state index in [0.29, 0.717) is 6.10 Å². The Labute approximate surface area is 123 Å². The maximum atomic E-state index is 6.17. The molecular weight excluding hydrogens is 306 g/mol. The average Bonchev–Trinajstić information content (AvgIpc) is 2.38. The second kappa shape index (κ2) is 6.73. The highest BCUT2D eigenvalue weighted by Gasteiger charge is 2.24. The minimum atomic E-state index is -0.0232. The van der Waals surface area contributed by atoms with Crippen molar-refractivity contribution in [1.82, 2.24) is 0 Å². The Morgan fingerprint density at radius 2 is 2.05 bits per heavy atom. The van der Waals surface area contributed by atoms with Crippen LogP contribution in [-0.4, -0.2) is 19.3 Å². The van der Waals surface area contributed by atoms with Gasteiger partial charge in [0.1, 0.15) is 11.9 Å². The van der Waals surface area contributed by atoms with E-state index in [4.69, 9.17) is 15.2 Å². The molecule has 1 aliphatic rings. The Kier molecular flexibility index (Phi) is 5.25. The van der Waals surface area contributed by atoms with Crippen molar-refractivity contribution in [3.63, 3.8) is 0 Å². The first kappa shape index (κ1) is 14.8. The summed E-state index contributed by atoms with van der Waals surface area (Å²) < 4.78 is 12.6. The molecule has 0 amide bonds. The van der Waals surface area contributed by atoms with Crippen LogP contribution in [0.4, 0.5) is 0 Å². The van der Waals surface area contributed by atoms with E-state index in [0.717, 1.165) is 41.5 Å². The first-order valence-corrected chi connectivity index (χ1v) is 7.64. The van der Waals surface area contributed by atoms with Gasteiger partial charge in [0.25, 0.3) is 0 Å². The topological polar surface area (TPSA) is 44.5 Å². The lowest BCUT2D eigenvalue weighted by molar-refractivity contribution is 0.0206. The van der Waals surface area contributed by atoms with Gasteiger partial charge in [-0.3, -0.25) is 0 Å². The number of ether oxygens (including phenoxy) is 2. The van der Waals surface area contributed by atoms with E-state index in [1.165, 1.54) is 0 Å². The zero-order valence-electron chi connectivity index (χ0n) is 11.6. The quantitative estimate of drug-likeness (QED) is 0.914. The fourth-order valence-electron chi connectivity index (χ4n) is 2.59. The molecule has 3 nitrogen and oxygen atoms in total. The van der Waals surface area contributed by atoms with Gasteiger partial charge < -0.3 is 15.2 Å². The Morgan fingerprint density at radius 3 is 2.74 bits per heavy atom. The second-order valence-electron chi connectivity index (χ2n) is 5.23. The van der Waals surface area contributed by atoms with Gasteiger partial charge >= 0.3 is 0 Å². The van der Waals surface area contributed by atoms with Crippen LogP contribution in [0.3, 0.4) is 0 Å². The molecular formula is C15H22BrNO2. The number of halogens is 1.